The largest absolute Gasteiger partial charge is 0.486 e. The summed E-state index contributed by atoms with van der Waals surface area (Å²) >= 11 is 0. The van der Waals surface area contributed by atoms with Crippen LogP contribution in [0.4, 0.5) is 0 Å². The van der Waals surface area contributed by atoms with E-state index in [4.69, 9.17) is 14.7 Å². The molecule has 2 rings (SSSR count). The second-order valence-electron chi connectivity index (χ2n) is 3.34. The van der Waals surface area contributed by atoms with E-state index in [-0.39, 0.29) is 13.0 Å². The lowest BCUT2D eigenvalue weighted by atomic mass is 10.1. The van der Waals surface area contributed by atoms with Crippen molar-refractivity contribution < 1.29 is 14.6 Å². The van der Waals surface area contributed by atoms with Crippen molar-refractivity contribution in [2.45, 2.75) is 18.6 Å². The third kappa shape index (κ3) is 2.03. The van der Waals surface area contributed by atoms with Gasteiger partial charge in [0.2, 0.25) is 0 Å². The second-order valence-corrected chi connectivity index (χ2v) is 3.34. The van der Waals surface area contributed by atoms with E-state index in [0.29, 0.717) is 11.5 Å². The summed E-state index contributed by atoms with van der Waals surface area (Å²) in [4.78, 5) is 0. The van der Waals surface area contributed by atoms with Gasteiger partial charge in [-0.2, -0.15) is 5.26 Å². The van der Waals surface area contributed by atoms with Crippen molar-refractivity contribution >= 4 is 0 Å². The Labute approximate surface area is 87.7 Å². The van der Waals surface area contributed by atoms with Gasteiger partial charge in [0, 0.05) is 0 Å². The van der Waals surface area contributed by atoms with E-state index in [1.807, 2.05) is 24.3 Å². The van der Waals surface area contributed by atoms with Crippen molar-refractivity contribution in [1.29, 1.82) is 5.26 Å². The van der Waals surface area contributed by atoms with Gasteiger partial charge >= 0.3 is 0 Å². The molecule has 1 aromatic carbocycles. The summed E-state index contributed by atoms with van der Waals surface area (Å²) < 4.78 is 10.9. The van der Waals surface area contributed by atoms with E-state index >= 15 is 0 Å². The Bertz CT molecular complexity index is 386. The zero-order chi connectivity index (χ0) is 10.7. The van der Waals surface area contributed by atoms with Gasteiger partial charge in [-0.15, -0.1) is 0 Å². The fourth-order valence-corrected chi connectivity index (χ4v) is 1.45. The van der Waals surface area contributed by atoms with Gasteiger partial charge in [0.1, 0.15) is 12.7 Å². The zero-order valence-electron chi connectivity index (χ0n) is 8.09. The molecule has 0 aliphatic carbocycles. The Morgan fingerprint density at radius 2 is 2.20 bits per heavy atom. The Morgan fingerprint density at radius 1 is 1.47 bits per heavy atom. The Hall–Kier alpha value is -1.73. The lowest BCUT2D eigenvalue weighted by Crippen LogP contribution is -2.39. The predicted octanol–water partition coefficient (Wildman–Crippen LogP) is 1.10. The molecule has 0 bridgehead atoms. The highest BCUT2D eigenvalue weighted by Crippen LogP contribution is 2.31. The molecule has 0 fully saturated rings. The van der Waals surface area contributed by atoms with Gasteiger partial charge in [-0.05, 0) is 12.1 Å². The summed E-state index contributed by atoms with van der Waals surface area (Å²) in [6, 6.07) is 9.18. The number of benzene rings is 1. The Kier molecular flexibility index (Phi) is 2.75. The fraction of sp³-hybridized carbons (Fsp3) is 0.364. The van der Waals surface area contributed by atoms with Crippen molar-refractivity contribution in [2.75, 3.05) is 6.61 Å². The van der Waals surface area contributed by atoms with Gasteiger partial charge in [-0.25, -0.2) is 0 Å². The predicted molar refractivity (Wildman–Crippen MR) is 52.6 cm³/mol. The number of hydrogen-bond donors (Lipinski definition) is 1. The number of rotatable bonds is 2. The maximum absolute atomic E-state index is 9.57. The van der Waals surface area contributed by atoms with Gasteiger partial charge in [-0.3, -0.25) is 0 Å². The van der Waals surface area contributed by atoms with Crippen LogP contribution in [0.15, 0.2) is 24.3 Å². The summed E-state index contributed by atoms with van der Waals surface area (Å²) in [5.41, 5.74) is 0. The number of nitriles is 1. The highest BCUT2D eigenvalue weighted by molar-refractivity contribution is 5.40. The average molecular weight is 205 g/mol. The molecule has 4 nitrogen and oxygen atoms in total. The van der Waals surface area contributed by atoms with Crippen LogP contribution in [0.2, 0.25) is 0 Å². The number of hydrogen-bond acceptors (Lipinski definition) is 4. The van der Waals surface area contributed by atoms with E-state index in [2.05, 4.69) is 0 Å². The number of nitrogens with zero attached hydrogens (tertiary/aromatic N) is 1. The lowest BCUT2D eigenvalue weighted by Gasteiger charge is -2.28. The zero-order valence-corrected chi connectivity index (χ0v) is 8.09. The van der Waals surface area contributed by atoms with Crippen LogP contribution in [0.5, 0.6) is 11.5 Å². The molecule has 0 spiro atoms. The molecule has 1 aliphatic rings. The molecule has 0 amide bonds. The molecule has 78 valence electrons. The van der Waals surface area contributed by atoms with E-state index in [1.54, 1.807) is 6.07 Å². The number of para-hydroxylation sites is 2. The molecule has 2 atom stereocenters. The molecule has 1 aromatic rings. The molecule has 1 aliphatic heterocycles. The van der Waals surface area contributed by atoms with Gasteiger partial charge in [0.05, 0.1) is 12.5 Å². The van der Waals surface area contributed by atoms with E-state index < -0.39 is 12.2 Å². The Balaban J connectivity index is 2.09. The summed E-state index contributed by atoms with van der Waals surface area (Å²) in [5, 5.41) is 18.0. The standard InChI is InChI=1S/C11H11NO3/c12-6-5-8(13)11-7-14-9-3-1-2-4-10(9)15-11/h1-4,8,11,13H,5,7H2. The number of aliphatic hydroxyl groups is 1. The van der Waals surface area contributed by atoms with Crippen molar-refractivity contribution in [3.63, 3.8) is 0 Å². The monoisotopic (exact) mass is 205 g/mol. The molecule has 0 aromatic heterocycles. The Morgan fingerprint density at radius 3 is 2.93 bits per heavy atom. The average Bonchev–Trinajstić information content (AvgIpc) is 2.29. The third-order valence-corrected chi connectivity index (χ3v) is 2.26. The second kappa shape index (κ2) is 4.20. The quantitative estimate of drug-likeness (QED) is 0.785. The van der Waals surface area contributed by atoms with Crippen molar-refractivity contribution in [3.05, 3.63) is 24.3 Å². The van der Waals surface area contributed by atoms with E-state index in [9.17, 15) is 5.11 Å². The molecule has 0 saturated heterocycles. The first-order valence-electron chi connectivity index (χ1n) is 4.75. The topological polar surface area (TPSA) is 62.5 Å². The van der Waals surface area contributed by atoms with Crippen molar-refractivity contribution in [3.8, 4) is 17.6 Å². The van der Waals surface area contributed by atoms with Crippen LogP contribution in [-0.4, -0.2) is 23.9 Å². The molecule has 0 radical (unpaired) electrons. The summed E-state index contributed by atoms with van der Waals surface area (Å²) in [6.07, 6.45) is -1.21. The lowest BCUT2D eigenvalue weighted by molar-refractivity contribution is -0.00742. The molecular weight excluding hydrogens is 194 g/mol. The van der Waals surface area contributed by atoms with E-state index in [1.165, 1.54) is 0 Å². The minimum absolute atomic E-state index is 0.0518. The van der Waals surface area contributed by atoms with Gasteiger partial charge in [0.25, 0.3) is 0 Å². The molecule has 2 unspecified atom stereocenters. The van der Waals surface area contributed by atoms with Crippen LogP contribution < -0.4 is 9.47 Å². The minimum Gasteiger partial charge on any atom is -0.486 e. The maximum atomic E-state index is 9.57. The fourth-order valence-electron chi connectivity index (χ4n) is 1.45. The highest BCUT2D eigenvalue weighted by atomic mass is 16.6. The normalized spacial score (nSPS) is 20.4. The van der Waals surface area contributed by atoms with Crippen LogP contribution in [0.25, 0.3) is 0 Å². The first-order valence-corrected chi connectivity index (χ1v) is 4.75. The molecule has 4 heteroatoms. The van der Waals surface area contributed by atoms with Crippen LogP contribution in [0, 0.1) is 11.3 Å². The molecule has 1 heterocycles. The van der Waals surface area contributed by atoms with Gasteiger partial charge in [0.15, 0.2) is 17.6 Å². The van der Waals surface area contributed by atoms with Crippen LogP contribution >= 0.6 is 0 Å². The summed E-state index contributed by atoms with van der Waals surface area (Å²) in [5.74, 6) is 1.30. The minimum atomic E-state index is -0.802. The molecular formula is C11H11NO3. The number of ether oxygens (including phenoxy) is 2. The van der Waals surface area contributed by atoms with Crippen molar-refractivity contribution in [1.82, 2.24) is 0 Å². The molecule has 0 saturated carbocycles. The van der Waals surface area contributed by atoms with Gasteiger partial charge in [-0.1, -0.05) is 12.1 Å². The molecule has 1 N–H and O–H groups in total. The number of aliphatic hydroxyl groups excluding tert-OH is 1. The smallest absolute Gasteiger partial charge is 0.161 e. The first kappa shape index (κ1) is 9.81. The number of fused-ring (bicyclic) bond motifs is 1. The van der Waals surface area contributed by atoms with Crippen LogP contribution in [0.3, 0.4) is 0 Å². The maximum Gasteiger partial charge on any atom is 0.161 e. The SMILES string of the molecule is N#CCC(O)C1COc2ccccc2O1. The summed E-state index contributed by atoms with van der Waals surface area (Å²) in [7, 11) is 0. The third-order valence-electron chi connectivity index (χ3n) is 2.26. The van der Waals surface area contributed by atoms with Crippen LogP contribution in [0.1, 0.15) is 6.42 Å². The van der Waals surface area contributed by atoms with Crippen LogP contribution in [-0.2, 0) is 0 Å². The van der Waals surface area contributed by atoms with Gasteiger partial charge < -0.3 is 14.6 Å². The summed E-state index contributed by atoms with van der Waals surface area (Å²) in [6.45, 7) is 0.278. The highest BCUT2D eigenvalue weighted by Gasteiger charge is 2.26. The van der Waals surface area contributed by atoms with Crippen molar-refractivity contribution in [2.24, 2.45) is 0 Å². The first-order chi connectivity index (χ1) is 7.31. The molecule has 15 heavy (non-hydrogen) atoms. The van der Waals surface area contributed by atoms with E-state index in [0.717, 1.165) is 0 Å².